The van der Waals surface area contributed by atoms with Gasteiger partial charge in [0.05, 0.1) is 0 Å². The minimum atomic E-state index is -1.53. The van der Waals surface area contributed by atoms with Crippen molar-refractivity contribution in [3.63, 3.8) is 0 Å². The molecule has 0 aliphatic carbocycles. The second-order valence-corrected chi connectivity index (χ2v) is 13.0. The highest BCUT2D eigenvalue weighted by molar-refractivity contribution is 14.1. The van der Waals surface area contributed by atoms with Crippen LogP contribution in [0.25, 0.3) is 0 Å². The molecule has 0 fully saturated rings. The van der Waals surface area contributed by atoms with E-state index in [9.17, 15) is 0 Å². The molecule has 0 aliphatic rings. The van der Waals surface area contributed by atoms with Crippen molar-refractivity contribution in [2.24, 2.45) is 5.92 Å². The van der Waals surface area contributed by atoms with E-state index in [1.54, 1.807) is 0 Å². The highest BCUT2D eigenvalue weighted by atomic mass is 127. The summed E-state index contributed by atoms with van der Waals surface area (Å²) < 4.78 is 7.58. The first-order chi connectivity index (χ1) is 7.56. The van der Waals surface area contributed by atoms with Crippen molar-refractivity contribution in [1.29, 1.82) is 0 Å². The van der Waals surface area contributed by atoms with Crippen LogP contribution in [0.4, 0.5) is 0 Å². The summed E-state index contributed by atoms with van der Waals surface area (Å²) in [5.41, 5.74) is 0. The van der Waals surface area contributed by atoms with Crippen LogP contribution < -0.4 is 0 Å². The predicted molar refractivity (Wildman–Crippen MR) is 89.3 cm³/mol. The van der Waals surface area contributed by atoms with Crippen LogP contribution in [0.5, 0.6) is 0 Å². The summed E-state index contributed by atoms with van der Waals surface area (Å²) in [5, 5.41) is 0.328. The minimum absolute atomic E-state index is 0.328. The van der Waals surface area contributed by atoms with E-state index in [1.807, 2.05) is 0 Å². The van der Waals surface area contributed by atoms with Crippen LogP contribution in [0, 0.1) is 5.92 Å². The van der Waals surface area contributed by atoms with Gasteiger partial charge in [0, 0.05) is 6.61 Å². The molecule has 102 valence electrons. The summed E-state index contributed by atoms with van der Waals surface area (Å²) >= 11 is 2.37. The first kappa shape index (κ1) is 17.6. The van der Waals surface area contributed by atoms with Crippen LogP contribution in [-0.2, 0) is 4.43 Å². The van der Waals surface area contributed by atoms with E-state index in [1.165, 1.54) is 16.4 Å². The molecule has 3 heteroatoms. The molecular weight excluding hydrogens is 339 g/mol. The third-order valence-electron chi connectivity index (χ3n) is 3.68. The maximum absolute atomic E-state index is 6.19. The molecule has 17 heavy (non-hydrogen) atoms. The molecule has 0 aliphatic heterocycles. The van der Waals surface area contributed by atoms with Crippen molar-refractivity contribution in [3.05, 3.63) is 9.66 Å². The molecule has 1 atom stereocenters. The van der Waals surface area contributed by atoms with Gasteiger partial charge in [-0.2, -0.15) is 0 Å². The Bertz CT molecular complexity index is 249. The molecule has 0 aromatic heterocycles. The van der Waals surface area contributed by atoms with Crippen molar-refractivity contribution in [3.8, 4) is 0 Å². The van der Waals surface area contributed by atoms with Gasteiger partial charge in [0.2, 0.25) is 0 Å². The van der Waals surface area contributed by atoms with E-state index >= 15 is 0 Å². The molecule has 1 nitrogen and oxygen atoms in total. The SMILES string of the molecule is C/C(I)=C\CC(C)CCO[Si](C)(C)C(C)(C)C. The van der Waals surface area contributed by atoms with Gasteiger partial charge < -0.3 is 4.43 Å². The zero-order valence-corrected chi connectivity index (χ0v) is 15.7. The van der Waals surface area contributed by atoms with Gasteiger partial charge in [-0.1, -0.05) is 33.8 Å². The Kier molecular flexibility index (Phi) is 7.57. The highest BCUT2D eigenvalue weighted by Gasteiger charge is 2.36. The largest absolute Gasteiger partial charge is 0.417 e. The van der Waals surface area contributed by atoms with E-state index in [0.29, 0.717) is 5.04 Å². The summed E-state index contributed by atoms with van der Waals surface area (Å²) in [7, 11) is -1.53. The van der Waals surface area contributed by atoms with Crippen molar-refractivity contribution in [2.45, 2.75) is 65.6 Å². The van der Waals surface area contributed by atoms with Crippen LogP contribution in [0.1, 0.15) is 47.5 Å². The van der Waals surface area contributed by atoms with E-state index in [4.69, 9.17) is 4.43 Å². The Morgan fingerprint density at radius 2 is 1.88 bits per heavy atom. The first-order valence-electron chi connectivity index (χ1n) is 6.52. The van der Waals surface area contributed by atoms with Crippen molar-refractivity contribution < 1.29 is 4.43 Å². The van der Waals surface area contributed by atoms with Gasteiger partial charge in [-0.25, -0.2) is 0 Å². The summed E-state index contributed by atoms with van der Waals surface area (Å²) in [6.45, 7) is 16.9. The van der Waals surface area contributed by atoms with Crippen LogP contribution in [0.2, 0.25) is 18.1 Å². The molecule has 0 spiro atoms. The minimum Gasteiger partial charge on any atom is -0.417 e. The fraction of sp³-hybridized carbons (Fsp3) is 0.857. The summed E-state index contributed by atoms with van der Waals surface area (Å²) in [4.78, 5) is 0. The standard InChI is InChI=1S/C14H29IOSi/c1-12(8-9-13(2)15)10-11-16-17(6,7)14(3,4)5/h9,12H,8,10-11H2,1-7H3/b13-9+. The van der Waals surface area contributed by atoms with Crippen LogP contribution in [0.15, 0.2) is 9.66 Å². The van der Waals surface area contributed by atoms with Crippen LogP contribution in [-0.4, -0.2) is 14.9 Å². The molecule has 0 heterocycles. The molecule has 0 rings (SSSR count). The van der Waals surface area contributed by atoms with E-state index in [0.717, 1.165) is 12.5 Å². The summed E-state index contributed by atoms with van der Waals surface area (Å²) in [5.74, 6) is 0.726. The molecule has 0 amide bonds. The lowest BCUT2D eigenvalue weighted by molar-refractivity contribution is 0.260. The maximum atomic E-state index is 6.19. The van der Waals surface area contributed by atoms with Crippen molar-refractivity contribution in [1.82, 2.24) is 0 Å². The van der Waals surface area contributed by atoms with Crippen LogP contribution >= 0.6 is 22.6 Å². The molecule has 0 aromatic carbocycles. The second kappa shape index (κ2) is 7.29. The zero-order valence-electron chi connectivity index (χ0n) is 12.6. The van der Waals surface area contributed by atoms with Crippen LogP contribution in [0.3, 0.4) is 0 Å². The second-order valence-electron chi connectivity index (χ2n) is 6.53. The van der Waals surface area contributed by atoms with E-state index < -0.39 is 8.32 Å². The normalized spacial score (nSPS) is 16.1. The monoisotopic (exact) mass is 368 g/mol. The average molecular weight is 368 g/mol. The number of hydrogen-bond donors (Lipinski definition) is 0. The fourth-order valence-electron chi connectivity index (χ4n) is 1.21. The predicted octanol–water partition coefficient (Wildman–Crippen LogP) is 5.76. The van der Waals surface area contributed by atoms with Gasteiger partial charge in [-0.15, -0.1) is 0 Å². The number of hydrogen-bond acceptors (Lipinski definition) is 1. The molecular formula is C14H29IOSi. The lowest BCUT2D eigenvalue weighted by Crippen LogP contribution is -2.41. The number of halogens is 1. The van der Waals surface area contributed by atoms with Gasteiger partial charge in [-0.3, -0.25) is 0 Å². The highest BCUT2D eigenvalue weighted by Crippen LogP contribution is 2.36. The molecule has 0 N–H and O–H groups in total. The Morgan fingerprint density at radius 3 is 2.29 bits per heavy atom. The maximum Gasteiger partial charge on any atom is 0.191 e. The van der Waals surface area contributed by atoms with E-state index in [-0.39, 0.29) is 0 Å². The zero-order chi connectivity index (χ0) is 13.7. The lowest BCUT2D eigenvalue weighted by atomic mass is 10.0. The fourth-order valence-corrected chi connectivity index (χ4v) is 2.53. The number of rotatable bonds is 6. The Labute approximate surface area is 123 Å². The molecule has 0 saturated carbocycles. The van der Waals surface area contributed by atoms with Gasteiger partial charge in [0.15, 0.2) is 8.32 Å². The van der Waals surface area contributed by atoms with Gasteiger partial charge in [-0.05, 0) is 70.0 Å². The Balaban J connectivity index is 3.96. The lowest BCUT2D eigenvalue weighted by Gasteiger charge is -2.36. The topological polar surface area (TPSA) is 9.23 Å². The summed E-state index contributed by atoms with van der Waals surface area (Å²) in [6.07, 6.45) is 4.67. The van der Waals surface area contributed by atoms with Gasteiger partial charge in [0.1, 0.15) is 0 Å². The van der Waals surface area contributed by atoms with Crippen molar-refractivity contribution >= 4 is 30.9 Å². The smallest absolute Gasteiger partial charge is 0.191 e. The van der Waals surface area contributed by atoms with Crippen molar-refractivity contribution in [2.75, 3.05) is 6.61 Å². The molecule has 0 radical (unpaired) electrons. The number of allylic oxidation sites excluding steroid dienone is 2. The van der Waals surface area contributed by atoms with Gasteiger partial charge >= 0.3 is 0 Å². The first-order valence-corrected chi connectivity index (χ1v) is 10.5. The quantitative estimate of drug-likeness (QED) is 0.428. The van der Waals surface area contributed by atoms with E-state index in [2.05, 4.69) is 76.4 Å². The molecule has 1 unspecified atom stereocenters. The third kappa shape index (κ3) is 7.62. The third-order valence-corrected chi connectivity index (χ3v) is 8.66. The Morgan fingerprint density at radius 1 is 1.35 bits per heavy atom. The molecule has 0 saturated heterocycles. The molecule has 0 aromatic rings. The average Bonchev–Trinajstić information content (AvgIpc) is 2.12. The summed E-state index contributed by atoms with van der Waals surface area (Å²) in [6, 6.07) is 0. The molecule has 0 bridgehead atoms. The Hall–Kier alpha value is 0.647. The van der Waals surface area contributed by atoms with Gasteiger partial charge in [0.25, 0.3) is 0 Å².